The molecule has 0 unspecified atom stereocenters. The molecule has 0 saturated heterocycles. The Kier molecular flexibility index (Phi) is 8.50. The summed E-state index contributed by atoms with van der Waals surface area (Å²) < 4.78 is 0. The zero-order valence-corrected chi connectivity index (χ0v) is 19.7. The molecule has 1 aromatic carbocycles. The number of carbonyl (C=O) groups excluding carboxylic acids is 1. The Bertz CT molecular complexity index is 1080. The summed E-state index contributed by atoms with van der Waals surface area (Å²) in [4.78, 5) is 29.7. The van der Waals surface area contributed by atoms with Crippen molar-refractivity contribution in [3.63, 3.8) is 0 Å². The zero-order chi connectivity index (χ0) is 23.1. The number of aryl methyl sites for hydroxylation is 2. The summed E-state index contributed by atoms with van der Waals surface area (Å²) >= 11 is 13.6. The van der Waals surface area contributed by atoms with E-state index in [0.717, 1.165) is 41.2 Å². The molecule has 0 spiro atoms. The molecule has 0 aliphatic rings. The maximum absolute atomic E-state index is 12.6. The Morgan fingerprint density at radius 3 is 2.53 bits per heavy atom. The van der Waals surface area contributed by atoms with Gasteiger partial charge < -0.3 is 15.7 Å². The summed E-state index contributed by atoms with van der Waals surface area (Å²) in [6, 6.07) is 11.5. The van der Waals surface area contributed by atoms with Crippen molar-refractivity contribution in [2.45, 2.75) is 31.7 Å². The first kappa shape index (κ1) is 24.0. The van der Waals surface area contributed by atoms with Crippen molar-refractivity contribution in [3.05, 3.63) is 79.6 Å². The average molecular weight is 492 g/mol. The van der Waals surface area contributed by atoms with Crippen LogP contribution in [0.5, 0.6) is 0 Å². The summed E-state index contributed by atoms with van der Waals surface area (Å²) in [5, 5.41) is 17.5. The van der Waals surface area contributed by atoms with Crippen molar-refractivity contribution in [1.29, 1.82) is 0 Å². The monoisotopic (exact) mass is 491 g/mol. The van der Waals surface area contributed by atoms with Crippen LogP contribution in [0.3, 0.4) is 0 Å². The largest absolute Gasteiger partial charge is 0.480 e. The number of nitrogens with zero attached hydrogens (tertiary/aromatic N) is 1. The van der Waals surface area contributed by atoms with Crippen LogP contribution in [0, 0.1) is 0 Å². The Balaban J connectivity index is 1.58. The molecule has 1 amide bonds. The molecular weight excluding hydrogens is 469 g/mol. The van der Waals surface area contributed by atoms with E-state index in [1.54, 1.807) is 6.07 Å². The summed E-state index contributed by atoms with van der Waals surface area (Å²) in [7, 11) is 1.84. The van der Waals surface area contributed by atoms with Gasteiger partial charge in [-0.2, -0.15) is 0 Å². The predicted molar refractivity (Wildman–Crippen MR) is 129 cm³/mol. The van der Waals surface area contributed by atoms with E-state index in [1.807, 2.05) is 36.7 Å². The summed E-state index contributed by atoms with van der Waals surface area (Å²) in [5.74, 6) is -0.881. The summed E-state index contributed by atoms with van der Waals surface area (Å²) in [6.45, 7) is 0. The van der Waals surface area contributed by atoms with E-state index in [0.29, 0.717) is 0 Å². The molecule has 3 rings (SSSR count). The van der Waals surface area contributed by atoms with E-state index in [9.17, 15) is 14.7 Å². The van der Waals surface area contributed by atoms with Gasteiger partial charge in [0, 0.05) is 24.0 Å². The highest BCUT2D eigenvalue weighted by Crippen LogP contribution is 2.25. The number of amides is 1. The van der Waals surface area contributed by atoms with Crippen molar-refractivity contribution in [1.82, 2.24) is 10.3 Å². The molecule has 0 radical (unpaired) electrons. The van der Waals surface area contributed by atoms with Crippen LogP contribution in [-0.2, 0) is 24.1 Å². The van der Waals surface area contributed by atoms with Crippen molar-refractivity contribution in [2.75, 3.05) is 12.4 Å². The fourth-order valence-electron chi connectivity index (χ4n) is 3.24. The number of carboxylic acid groups (broad SMARTS) is 1. The Hall–Kier alpha value is -2.61. The van der Waals surface area contributed by atoms with Gasteiger partial charge in [-0.25, -0.2) is 9.78 Å². The van der Waals surface area contributed by atoms with Gasteiger partial charge >= 0.3 is 5.97 Å². The summed E-state index contributed by atoms with van der Waals surface area (Å²) in [5.41, 5.74) is 2.24. The highest BCUT2D eigenvalue weighted by molar-refractivity contribution is 7.10. The first-order valence-corrected chi connectivity index (χ1v) is 11.7. The van der Waals surface area contributed by atoms with Gasteiger partial charge in [0.25, 0.3) is 5.91 Å². The first-order chi connectivity index (χ1) is 15.4. The number of nitrogens with one attached hydrogen (secondary N) is 2. The molecule has 2 aromatic heterocycles. The van der Waals surface area contributed by atoms with Gasteiger partial charge in [0.15, 0.2) is 0 Å². The molecule has 0 aliphatic carbocycles. The zero-order valence-electron chi connectivity index (χ0n) is 17.4. The number of carboxylic acids is 1. The SMILES string of the molecule is CNc1cccc(CCCc2csc(C[C@H](NC(=O)c3c(Cl)cccc3Cl)C(=O)O)c2)n1. The molecule has 2 heterocycles. The van der Waals surface area contributed by atoms with Crippen LogP contribution in [0.25, 0.3) is 0 Å². The molecule has 0 saturated carbocycles. The van der Waals surface area contributed by atoms with Crippen molar-refractivity contribution in [2.24, 2.45) is 0 Å². The highest BCUT2D eigenvalue weighted by Gasteiger charge is 2.24. The number of aliphatic carboxylic acids is 1. The molecule has 0 bridgehead atoms. The topological polar surface area (TPSA) is 91.3 Å². The maximum Gasteiger partial charge on any atom is 0.326 e. The predicted octanol–water partition coefficient (Wildman–Crippen LogP) is 5.09. The van der Waals surface area contributed by atoms with Crippen LogP contribution in [0.15, 0.2) is 47.8 Å². The second kappa shape index (κ2) is 11.3. The van der Waals surface area contributed by atoms with Crippen LogP contribution in [0.1, 0.15) is 32.9 Å². The number of carbonyl (C=O) groups is 2. The smallest absolute Gasteiger partial charge is 0.326 e. The Labute approximate surface area is 200 Å². The van der Waals surface area contributed by atoms with Crippen LogP contribution in [0.4, 0.5) is 5.82 Å². The lowest BCUT2D eigenvalue weighted by atomic mass is 10.1. The van der Waals surface area contributed by atoms with Gasteiger partial charge in [0.2, 0.25) is 0 Å². The molecule has 168 valence electrons. The number of rotatable bonds is 10. The molecule has 3 aromatic rings. The van der Waals surface area contributed by atoms with Crippen molar-refractivity contribution in [3.8, 4) is 0 Å². The van der Waals surface area contributed by atoms with Crippen LogP contribution in [0.2, 0.25) is 10.0 Å². The van der Waals surface area contributed by atoms with Gasteiger partial charge in [0.1, 0.15) is 11.9 Å². The van der Waals surface area contributed by atoms with Gasteiger partial charge in [0.05, 0.1) is 15.6 Å². The van der Waals surface area contributed by atoms with Crippen LogP contribution >= 0.6 is 34.5 Å². The van der Waals surface area contributed by atoms with E-state index in [4.69, 9.17) is 23.2 Å². The van der Waals surface area contributed by atoms with Gasteiger partial charge in [-0.05, 0) is 60.5 Å². The lowest BCUT2D eigenvalue weighted by molar-refractivity contribution is -0.139. The third-order valence-electron chi connectivity index (χ3n) is 4.87. The highest BCUT2D eigenvalue weighted by atomic mass is 35.5. The number of hydrogen-bond donors (Lipinski definition) is 3. The molecule has 1 atom stereocenters. The van der Waals surface area contributed by atoms with Gasteiger partial charge in [-0.1, -0.05) is 35.3 Å². The minimum absolute atomic E-state index is 0.0740. The fourth-order valence-corrected chi connectivity index (χ4v) is 4.78. The van der Waals surface area contributed by atoms with Crippen molar-refractivity contribution >= 4 is 52.2 Å². The molecule has 0 aliphatic heterocycles. The number of hydrogen-bond acceptors (Lipinski definition) is 5. The standard InChI is InChI=1S/C23H23Cl2N3O3S/c1-26-20-10-3-7-15(27-20)6-2-5-14-11-16(32-13-14)12-19(23(30)31)28-22(29)21-17(24)8-4-9-18(21)25/h3-4,7-11,13,19H,2,5-6,12H2,1H3,(H,26,27)(H,28,29)(H,30,31)/t19-/m0/s1. The van der Waals surface area contributed by atoms with E-state index in [2.05, 4.69) is 15.6 Å². The molecule has 32 heavy (non-hydrogen) atoms. The number of aromatic nitrogens is 1. The van der Waals surface area contributed by atoms with Crippen molar-refractivity contribution < 1.29 is 14.7 Å². The lowest BCUT2D eigenvalue weighted by Crippen LogP contribution is -2.42. The third-order valence-corrected chi connectivity index (χ3v) is 6.51. The minimum Gasteiger partial charge on any atom is -0.480 e. The molecular formula is C23H23Cl2N3O3S. The number of halogens is 2. The van der Waals surface area contributed by atoms with E-state index < -0.39 is 17.9 Å². The third kappa shape index (κ3) is 6.45. The quantitative estimate of drug-likeness (QED) is 0.367. The molecule has 3 N–H and O–H groups in total. The second-order valence-electron chi connectivity index (χ2n) is 7.20. The second-order valence-corrected chi connectivity index (χ2v) is 9.01. The lowest BCUT2D eigenvalue weighted by Gasteiger charge is -2.15. The Morgan fingerprint density at radius 1 is 1.12 bits per heavy atom. The number of pyridine rings is 1. The van der Waals surface area contributed by atoms with Gasteiger partial charge in [-0.15, -0.1) is 11.3 Å². The molecule has 0 fully saturated rings. The fraction of sp³-hybridized carbons (Fsp3) is 0.261. The molecule has 9 heteroatoms. The molecule has 6 nitrogen and oxygen atoms in total. The number of anilines is 1. The number of thiophene rings is 1. The normalized spacial score (nSPS) is 11.7. The maximum atomic E-state index is 12.6. The first-order valence-electron chi connectivity index (χ1n) is 10.0. The van der Waals surface area contributed by atoms with E-state index >= 15 is 0 Å². The van der Waals surface area contributed by atoms with E-state index in [1.165, 1.54) is 23.5 Å². The number of benzene rings is 1. The summed E-state index contributed by atoms with van der Waals surface area (Å²) in [6.07, 6.45) is 2.83. The minimum atomic E-state index is -1.12. The van der Waals surface area contributed by atoms with Crippen LogP contribution in [-0.4, -0.2) is 35.1 Å². The van der Waals surface area contributed by atoms with Gasteiger partial charge in [-0.3, -0.25) is 4.79 Å². The average Bonchev–Trinajstić information content (AvgIpc) is 3.20. The van der Waals surface area contributed by atoms with E-state index in [-0.39, 0.29) is 22.0 Å². The van der Waals surface area contributed by atoms with Crippen LogP contribution < -0.4 is 10.6 Å². The Morgan fingerprint density at radius 2 is 1.84 bits per heavy atom.